The number of rotatable bonds is 6. The third-order valence-electron chi connectivity index (χ3n) is 3.82. The molecule has 12 heteroatoms. The lowest BCUT2D eigenvalue weighted by Crippen LogP contribution is -2.35. The first-order valence-corrected chi connectivity index (χ1v) is 8.21. The van der Waals surface area contributed by atoms with Gasteiger partial charge in [-0.3, -0.25) is 4.57 Å². The van der Waals surface area contributed by atoms with Gasteiger partial charge in [-0.25, -0.2) is 15.0 Å². The van der Waals surface area contributed by atoms with E-state index in [1.807, 2.05) is 0 Å². The van der Waals surface area contributed by atoms with Crippen LogP contribution in [0.25, 0.3) is 11.2 Å². The van der Waals surface area contributed by atoms with E-state index in [0.717, 1.165) is 0 Å². The van der Waals surface area contributed by atoms with Gasteiger partial charge < -0.3 is 19.9 Å². The second-order valence-electron chi connectivity index (χ2n) is 5.05. The Morgan fingerprint density at radius 3 is 2.83 bits per heavy atom. The third kappa shape index (κ3) is 2.86. The number of methoxy groups -OCH3 is 1. The number of anilines is 1. The van der Waals surface area contributed by atoms with E-state index >= 15 is 0 Å². The summed E-state index contributed by atoms with van der Waals surface area (Å²) >= 11 is 0. The average molecular weight is 358 g/mol. The highest BCUT2D eigenvalue weighted by atomic mass is 31.1. The number of fused-ring (bicyclic) bond motifs is 1. The van der Waals surface area contributed by atoms with Crippen LogP contribution in [0.4, 0.5) is 5.82 Å². The van der Waals surface area contributed by atoms with Gasteiger partial charge in [-0.05, 0) is 0 Å². The smallest absolute Gasteiger partial charge is 0.394 e. The highest BCUT2D eigenvalue weighted by Gasteiger charge is 2.51. The van der Waals surface area contributed by atoms with Gasteiger partial charge in [0.15, 0.2) is 23.8 Å². The van der Waals surface area contributed by atoms with Crippen LogP contribution in [-0.4, -0.2) is 68.6 Å². The van der Waals surface area contributed by atoms with Gasteiger partial charge in [0.2, 0.25) is 0 Å². The molecule has 0 bridgehead atoms. The van der Waals surface area contributed by atoms with Crippen molar-refractivity contribution in [3.63, 3.8) is 0 Å². The number of imidazole rings is 1. The molecule has 3 N–H and O–H groups in total. The monoisotopic (exact) mass is 358 g/mol. The van der Waals surface area contributed by atoms with Gasteiger partial charge >= 0.3 is 8.25 Å². The number of aliphatic hydroxyl groups excluding tert-OH is 1. The first-order valence-electron chi connectivity index (χ1n) is 7.08. The second kappa shape index (κ2) is 7.01. The van der Waals surface area contributed by atoms with E-state index in [0.29, 0.717) is 17.0 Å². The molecular weight excluding hydrogens is 341 g/mol. The normalized spacial score (nSPS) is 27.6. The predicted molar refractivity (Wildman–Crippen MR) is 81.4 cm³/mol. The van der Waals surface area contributed by atoms with Crippen LogP contribution in [0, 0.1) is 0 Å². The predicted octanol–water partition coefficient (Wildman–Crippen LogP) is -0.192. The van der Waals surface area contributed by atoms with Crippen LogP contribution in [0.3, 0.4) is 0 Å². The van der Waals surface area contributed by atoms with E-state index in [1.165, 1.54) is 19.8 Å². The van der Waals surface area contributed by atoms with Crippen LogP contribution in [0.5, 0.6) is 0 Å². The zero-order chi connectivity index (χ0) is 17.3. The lowest BCUT2D eigenvalue weighted by atomic mass is 10.1. The van der Waals surface area contributed by atoms with E-state index in [2.05, 4.69) is 20.3 Å². The summed E-state index contributed by atoms with van der Waals surface area (Å²) in [5.74, 6) is 0.552. The van der Waals surface area contributed by atoms with Crippen molar-refractivity contribution in [2.75, 3.05) is 26.1 Å². The zero-order valence-electron chi connectivity index (χ0n) is 12.9. The van der Waals surface area contributed by atoms with Gasteiger partial charge in [0.1, 0.15) is 24.1 Å². The molecule has 0 spiro atoms. The summed E-state index contributed by atoms with van der Waals surface area (Å²) in [6.07, 6.45) is -0.330. The Kier molecular flexibility index (Phi) is 4.99. The number of hydrogen-bond acceptors (Lipinski definition) is 9. The van der Waals surface area contributed by atoms with Gasteiger partial charge in [-0.2, -0.15) is 0 Å². The molecule has 5 atom stereocenters. The van der Waals surface area contributed by atoms with Crippen molar-refractivity contribution in [1.29, 1.82) is 0 Å². The van der Waals surface area contributed by atoms with Gasteiger partial charge in [0, 0.05) is 18.7 Å². The van der Waals surface area contributed by atoms with Gasteiger partial charge in [-0.15, -0.1) is 9.42 Å². The van der Waals surface area contributed by atoms with Crippen molar-refractivity contribution >= 4 is 25.2 Å². The Morgan fingerprint density at radius 2 is 2.21 bits per heavy atom. The Hall–Kier alpha value is -1.75. The molecular formula is C12H17N5O6P+. The lowest BCUT2D eigenvalue weighted by Gasteiger charge is -2.19. The van der Waals surface area contributed by atoms with E-state index in [1.54, 1.807) is 11.6 Å². The Balaban J connectivity index is 2.01. The Bertz CT molecular complexity index is 742. The molecule has 130 valence electrons. The molecule has 1 saturated heterocycles. The van der Waals surface area contributed by atoms with E-state index in [-0.39, 0.29) is 0 Å². The first-order chi connectivity index (χ1) is 11.6. The van der Waals surface area contributed by atoms with Crippen LogP contribution in [0.1, 0.15) is 6.23 Å². The summed E-state index contributed by atoms with van der Waals surface area (Å²) in [6.45, 7) is -0.395. The molecule has 24 heavy (non-hydrogen) atoms. The van der Waals surface area contributed by atoms with Crippen molar-refractivity contribution in [3.8, 4) is 0 Å². The molecule has 3 rings (SSSR count). The van der Waals surface area contributed by atoms with Crippen molar-refractivity contribution in [2.45, 2.75) is 24.5 Å². The quantitative estimate of drug-likeness (QED) is 0.595. The fourth-order valence-electron chi connectivity index (χ4n) is 2.78. The molecule has 0 aromatic carbocycles. The minimum Gasteiger partial charge on any atom is -0.394 e. The minimum atomic E-state index is -2.88. The largest absolute Gasteiger partial charge is 0.695 e. The number of nitrogens with zero attached hydrogens (tertiary/aromatic N) is 4. The highest BCUT2D eigenvalue weighted by molar-refractivity contribution is 7.32. The Labute approximate surface area is 137 Å². The summed E-state index contributed by atoms with van der Waals surface area (Å²) in [7, 11) is 0.265. The SMILES string of the molecule is CNc1ncnc2c1ncn2[C@@H]1O[C@H](CO)C(O[P+](=O)O)[C@@H]1OC. The summed E-state index contributed by atoms with van der Waals surface area (Å²) in [6, 6.07) is 0. The highest BCUT2D eigenvalue weighted by Crippen LogP contribution is 2.38. The standard InChI is InChI=1S/C12H16N5O6P/c1-13-10-7-11(15-4-14-10)17(5-16-7)12-9(21-2)8(23-24(19)20)6(3-18)22-12/h4-6,8-9,12,18H,3H2,1-2H3,(H-,13,14,15,19,20)/p+1/t6-,8?,9+,12-/m1/s1. The average Bonchev–Trinajstić information content (AvgIpc) is 3.14. The van der Waals surface area contributed by atoms with Crippen LogP contribution in [-0.2, 0) is 18.6 Å². The number of aromatic nitrogens is 4. The van der Waals surface area contributed by atoms with Crippen LogP contribution in [0.15, 0.2) is 12.7 Å². The molecule has 0 amide bonds. The van der Waals surface area contributed by atoms with Gasteiger partial charge in [-0.1, -0.05) is 0 Å². The molecule has 0 radical (unpaired) electrons. The maximum atomic E-state index is 11.1. The molecule has 1 aliphatic rings. The van der Waals surface area contributed by atoms with Crippen LogP contribution >= 0.6 is 8.25 Å². The molecule has 0 aliphatic carbocycles. The van der Waals surface area contributed by atoms with Crippen LogP contribution < -0.4 is 5.32 Å². The summed E-state index contributed by atoms with van der Waals surface area (Å²) in [4.78, 5) is 21.6. The molecule has 2 aromatic rings. The minimum absolute atomic E-state index is 0.395. The molecule has 0 saturated carbocycles. The Morgan fingerprint density at radius 1 is 1.42 bits per heavy atom. The fourth-order valence-corrected chi connectivity index (χ4v) is 3.25. The van der Waals surface area contributed by atoms with Gasteiger partial charge in [0.05, 0.1) is 12.9 Å². The van der Waals surface area contributed by atoms with Gasteiger partial charge in [0.25, 0.3) is 0 Å². The lowest BCUT2D eigenvalue weighted by molar-refractivity contribution is -0.0583. The molecule has 3 heterocycles. The molecule has 1 fully saturated rings. The summed E-state index contributed by atoms with van der Waals surface area (Å²) < 4.78 is 28.8. The fraction of sp³-hybridized carbons (Fsp3) is 0.583. The number of ether oxygens (including phenoxy) is 2. The summed E-state index contributed by atoms with van der Waals surface area (Å²) in [5.41, 5.74) is 1.03. The van der Waals surface area contributed by atoms with E-state index < -0.39 is 39.4 Å². The molecule has 2 aromatic heterocycles. The topological polar surface area (TPSA) is 141 Å². The number of hydrogen-bond donors (Lipinski definition) is 3. The van der Waals surface area contributed by atoms with Crippen molar-refractivity contribution < 1.29 is 28.6 Å². The van der Waals surface area contributed by atoms with Crippen LogP contribution in [0.2, 0.25) is 0 Å². The second-order valence-corrected chi connectivity index (χ2v) is 5.74. The van der Waals surface area contributed by atoms with Crippen molar-refractivity contribution in [2.24, 2.45) is 0 Å². The number of aliphatic hydroxyl groups is 1. The molecule has 1 aliphatic heterocycles. The first kappa shape index (κ1) is 17.1. The van der Waals surface area contributed by atoms with E-state index in [4.69, 9.17) is 18.9 Å². The third-order valence-corrected chi connectivity index (χ3v) is 4.24. The van der Waals surface area contributed by atoms with Crippen molar-refractivity contribution in [1.82, 2.24) is 19.5 Å². The zero-order valence-corrected chi connectivity index (χ0v) is 13.8. The summed E-state index contributed by atoms with van der Waals surface area (Å²) in [5, 5.41) is 12.4. The van der Waals surface area contributed by atoms with Crippen molar-refractivity contribution in [3.05, 3.63) is 12.7 Å². The molecule has 11 nitrogen and oxygen atoms in total. The maximum Gasteiger partial charge on any atom is 0.695 e. The maximum absolute atomic E-state index is 11.1. The number of nitrogens with one attached hydrogen (secondary N) is 1. The molecule has 2 unspecified atom stereocenters. The van der Waals surface area contributed by atoms with E-state index in [9.17, 15) is 9.67 Å².